The minimum absolute atomic E-state index is 0.0286. The number of carbonyl (C=O) groups is 1. The van der Waals surface area contributed by atoms with Crippen molar-refractivity contribution in [2.24, 2.45) is 11.8 Å². The third-order valence-electron chi connectivity index (χ3n) is 5.71. The number of rotatable bonds is 4. The molecule has 0 unspecified atom stereocenters. The first kappa shape index (κ1) is 17.3. The lowest BCUT2D eigenvalue weighted by Crippen LogP contribution is -2.39. The highest BCUT2D eigenvalue weighted by Gasteiger charge is 2.43. The van der Waals surface area contributed by atoms with Gasteiger partial charge in [0, 0.05) is 52.1 Å². The average Bonchev–Trinajstić information content (AvgIpc) is 3.20. The second-order valence-corrected chi connectivity index (χ2v) is 7.71. The monoisotopic (exact) mass is 353 g/mol. The van der Waals surface area contributed by atoms with Crippen LogP contribution in [-0.4, -0.2) is 62.3 Å². The molecule has 138 valence electrons. The molecule has 2 amide bonds. The highest BCUT2D eigenvalue weighted by atomic mass is 16.5. The smallest absolute Gasteiger partial charge is 0.316 e. The molecule has 2 aromatic carbocycles. The minimum Gasteiger partial charge on any atom is -0.376 e. The Hall–Kier alpha value is -2.11. The summed E-state index contributed by atoms with van der Waals surface area (Å²) in [7, 11) is 3.54. The van der Waals surface area contributed by atoms with E-state index in [-0.39, 0.29) is 6.03 Å². The van der Waals surface area contributed by atoms with E-state index in [0.717, 1.165) is 26.2 Å². The Labute approximate surface area is 154 Å². The number of hydrogen-bond acceptors (Lipinski definition) is 3. The molecule has 0 radical (unpaired) electrons. The molecule has 0 saturated carbocycles. The van der Waals surface area contributed by atoms with Crippen LogP contribution < -0.4 is 5.32 Å². The number of fused-ring (bicyclic) bond motifs is 2. The Morgan fingerprint density at radius 1 is 1.19 bits per heavy atom. The van der Waals surface area contributed by atoms with Crippen LogP contribution in [0, 0.1) is 11.8 Å². The van der Waals surface area contributed by atoms with Crippen molar-refractivity contribution < 1.29 is 9.53 Å². The summed E-state index contributed by atoms with van der Waals surface area (Å²) in [6, 6.07) is 15.1. The lowest BCUT2D eigenvalue weighted by Gasteiger charge is -2.21. The number of ether oxygens (including phenoxy) is 1. The van der Waals surface area contributed by atoms with Crippen molar-refractivity contribution in [2.75, 3.05) is 40.3 Å². The number of carbonyl (C=O) groups excluding carboxylic acids is 1. The number of urea groups is 1. The lowest BCUT2D eigenvalue weighted by molar-refractivity contribution is 0.0940. The van der Waals surface area contributed by atoms with Gasteiger partial charge >= 0.3 is 6.03 Å². The standard InChI is InChI=1S/C21H27N3O2/c1-23(2)21(25)22-10-17-14-26-20-13-24(12-19(17)20)11-16-8-5-7-15-6-3-4-9-18(15)16/h3-9,17,19-20H,10-14H2,1-2H3,(H,22,25)/t17-,19-,20-/m1/s1. The van der Waals surface area contributed by atoms with Crippen LogP contribution in [0.4, 0.5) is 4.79 Å². The van der Waals surface area contributed by atoms with Gasteiger partial charge in [-0.3, -0.25) is 4.90 Å². The number of amides is 2. The van der Waals surface area contributed by atoms with Crippen molar-refractivity contribution >= 4 is 16.8 Å². The molecular weight excluding hydrogens is 326 g/mol. The van der Waals surface area contributed by atoms with E-state index < -0.39 is 0 Å². The van der Waals surface area contributed by atoms with Gasteiger partial charge in [-0.25, -0.2) is 4.79 Å². The van der Waals surface area contributed by atoms with Gasteiger partial charge in [0.25, 0.3) is 0 Å². The fraction of sp³-hybridized carbons (Fsp3) is 0.476. The van der Waals surface area contributed by atoms with Gasteiger partial charge in [0.05, 0.1) is 12.7 Å². The molecular formula is C21H27N3O2. The van der Waals surface area contributed by atoms with Crippen LogP contribution in [0.2, 0.25) is 0 Å². The first-order chi connectivity index (χ1) is 12.6. The maximum Gasteiger partial charge on any atom is 0.316 e. The first-order valence-corrected chi connectivity index (χ1v) is 9.37. The summed E-state index contributed by atoms with van der Waals surface area (Å²) in [6.07, 6.45) is 0.297. The zero-order valence-corrected chi connectivity index (χ0v) is 15.5. The average molecular weight is 353 g/mol. The number of benzene rings is 2. The molecule has 0 spiro atoms. The third kappa shape index (κ3) is 3.41. The highest BCUT2D eigenvalue weighted by Crippen LogP contribution is 2.34. The molecule has 2 aliphatic heterocycles. The van der Waals surface area contributed by atoms with Crippen LogP contribution in [0.15, 0.2) is 42.5 Å². The molecule has 0 aromatic heterocycles. The Kier molecular flexibility index (Phi) is 4.83. The van der Waals surface area contributed by atoms with Crippen molar-refractivity contribution in [1.29, 1.82) is 0 Å². The van der Waals surface area contributed by atoms with E-state index in [0.29, 0.717) is 24.5 Å². The Morgan fingerprint density at radius 3 is 2.85 bits per heavy atom. The minimum atomic E-state index is -0.0286. The van der Waals surface area contributed by atoms with Crippen molar-refractivity contribution in [2.45, 2.75) is 12.6 Å². The van der Waals surface area contributed by atoms with Crippen LogP contribution >= 0.6 is 0 Å². The lowest BCUT2D eigenvalue weighted by atomic mass is 9.93. The van der Waals surface area contributed by atoms with Gasteiger partial charge in [0.1, 0.15) is 0 Å². The van der Waals surface area contributed by atoms with Crippen molar-refractivity contribution in [1.82, 2.24) is 15.1 Å². The third-order valence-corrected chi connectivity index (χ3v) is 5.71. The largest absolute Gasteiger partial charge is 0.376 e. The van der Waals surface area contributed by atoms with Crippen molar-refractivity contribution in [3.05, 3.63) is 48.0 Å². The summed E-state index contributed by atoms with van der Waals surface area (Å²) in [4.78, 5) is 15.9. The molecule has 2 heterocycles. The maximum atomic E-state index is 11.8. The Morgan fingerprint density at radius 2 is 2.00 bits per heavy atom. The second kappa shape index (κ2) is 7.25. The zero-order chi connectivity index (χ0) is 18.1. The van der Waals surface area contributed by atoms with E-state index in [4.69, 9.17) is 4.74 Å². The molecule has 5 nitrogen and oxygen atoms in total. The van der Waals surface area contributed by atoms with Gasteiger partial charge in [-0.05, 0) is 16.3 Å². The number of nitrogens with one attached hydrogen (secondary N) is 1. The fourth-order valence-electron chi connectivity index (χ4n) is 4.27. The molecule has 2 aromatic rings. The summed E-state index contributed by atoms with van der Waals surface area (Å²) < 4.78 is 6.03. The van der Waals surface area contributed by atoms with Crippen molar-refractivity contribution in [3.63, 3.8) is 0 Å². The fourth-order valence-corrected chi connectivity index (χ4v) is 4.27. The normalized spacial score (nSPS) is 25.4. The second-order valence-electron chi connectivity index (χ2n) is 7.71. The quantitative estimate of drug-likeness (QED) is 0.919. The molecule has 1 N–H and O–H groups in total. The topological polar surface area (TPSA) is 44.8 Å². The molecule has 0 bridgehead atoms. The molecule has 5 heteroatoms. The predicted octanol–water partition coefficient (Wildman–Crippen LogP) is 2.56. The molecule has 2 saturated heterocycles. The number of nitrogens with zero attached hydrogens (tertiary/aromatic N) is 2. The summed E-state index contributed by atoms with van der Waals surface area (Å²) in [5.41, 5.74) is 1.38. The molecule has 26 heavy (non-hydrogen) atoms. The van der Waals surface area contributed by atoms with Crippen LogP contribution in [0.5, 0.6) is 0 Å². The highest BCUT2D eigenvalue weighted by molar-refractivity contribution is 5.85. The van der Waals surface area contributed by atoms with E-state index in [9.17, 15) is 4.79 Å². The number of likely N-dealkylation sites (tertiary alicyclic amines) is 1. The van der Waals surface area contributed by atoms with E-state index in [1.165, 1.54) is 16.3 Å². The molecule has 2 fully saturated rings. The summed E-state index contributed by atoms with van der Waals surface area (Å²) in [5.74, 6) is 0.911. The van der Waals surface area contributed by atoms with Crippen molar-refractivity contribution in [3.8, 4) is 0 Å². The van der Waals surface area contributed by atoms with E-state index in [2.05, 4.69) is 52.7 Å². The van der Waals surface area contributed by atoms with Crippen LogP contribution in [0.25, 0.3) is 10.8 Å². The molecule has 4 rings (SSSR count). The van der Waals surface area contributed by atoms with E-state index in [1.54, 1.807) is 19.0 Å². The van der Waals surface area contributed by atoms with Gasteiger partial charge in [0.2, 0.25) is 0 Å². The molecule has 0 aliphatic carbocycles. The van der Waals surface area contributed by atoms with Gasteiger partial charge in [-0.15, -0.1) is 0 Å². The Balaban J connectivity index is 1.40. The van der Waals surface area contributed by atoms with Gasteiger partial charge in [-0.2, -0.15) is 0 Å². The molecule has 3 atom stereocenters. The van der Waals surface area contributed by atoms with Gasteiger partial charge < -0.3 is 15.0 Å². The summed E-state index contributed by atoms with van der Waals surface area (Å²) in [5, 5.41) is 5.65. The predicted molar refractivity (Wildman–Crippen MR) is 103 cm³/mol. The van der Waals surface area contributed by atoms with Gasteiger partial charge in [0.15, 0.2) is 0 Å². The SMILES string of the molecule is CN(C)C(=O)NC[C@@H]1CO[C@@H]2CN(Cc3cccc4ccccc34)C[C@H]12. The summed E-state index contributed by atoms with van der Waals surface area (Å²) >= 11 is 0. The summed E-state index contributed by atoms with van der Waals surface area (Å²) in [6.45, 7) is 4.42. The van der Waals surface area contributed by atoms with E-state index >= 15 is 0 Å². The van der Waals surface area contributed by atoms with Crippen LogP contribution in [-0.2, 0) is 11.3 Å². The molecule has 2 aliphatic rings. The van der Waals surface area contributed by atoms with E-state index in [1.807, 2.05) is 0 Å². The number of hydrogen-bond donors (Lipinski definition) is 1. The maximum absolute atomic E-state index is 11.8. The van der Waals surface area contributed by atoms with Crippen LogP contribution in [0.3, 0.4) is 0 Å². The van der Waals surface area contributed by atoms with Crippen LogP contribution in [0.1, 0.15) is 5.56 Å². The Bertz CT molecular complexity index is 786. The first-order valence-electron chi connectivity index (χ1n) is 9.37. The van der Waals surface area contributed by atoms with Gasteiger partial charge in [-0.1, -0.05) is 42.5 Å². The zero-order valence-electron chi connectivity index (χ0n) is 15.5.